The van der Waals surface area contributed by atoms with Crippen LogP contribution in [0.4, 0.5) is 35.1 Å². The molecule has 5 rings (SSSR count). The highest BCUT2D eigenvalue weighted by Crippen LogP contribution is 2.41. The summed E-state index contributed by atoms with van der Waals surface area (Å²) < 4.78 is 116. The third-order valence-corrected chi connectivity index (χ3v) is 7.24. The minimum Gasteiger partial charge on any atom is -0.440 e. The van der Waals surface area contributed by atoms with Gasteiger partial charge in [-0.15, -0.1) is 11.8 Å². The zero-order valence-electron chi connectivity index (χ0n) is 23.0. The Balaban J connectivity index is 1.66. The van der Waals surface area contributed by atoms with Crippen LogP contribution < -0.4 is 4.74 Å². The lowest BCUT2D eigenvalue weighted by atomic mass is 9.98. The van der Waals surface area contributed by atoms with Crippen LogP contribution in [0.15, 0.2) is 82.2 Å². The van der Waals surface area contributed by atoms with Crippen molar-refractivity contribution in [3.05, 3.63) is 90.3 Å². The maximum absolute atomic E-state index is 13.5. The lowest BCUT2D eigenvalue weighted by Gasteiger charge is -2.20. The number of alkyl halides is 8. The van der Waals surface area contributed by atoms with E-state index in [1.807, 2.05) is 30.5 Å². The van der Waals surface area contributed by atoms with E-state index in [0.717, 1.165) is 28.8 Å². The number of imidazole rings is 1. The molecule has 0 fully saturated rings. The molecule has 0 spiro atoms. The van der Waals surface area contributed by atoms with Gasteiger partial charge in [0.25, 0.3) is 0 Å². The van der Waals surface area contributed by atoms with Gasteiger partial charge in [-0.25, -0.2) is 9.97 Å². The molecule has 0 saturated heterocycles. The highest BCUT2D eigenvalue weighted by Gasteiger charge is 2.61. The minimum absolute atomic E-state index is 0.0459. The molecule has 2 aromatic heterocycles. The number of hydrogen-bond donors (Lipinski definition) is 0. The topological polar surface area (TPSA) is 53.1 Å². The third kappa shape index (κ3) is 6.16. The summed E-state index contributed by atoms with van der Waals surface area (Å²) in [6.45, 7) is 2.95. The van der Waals surface area contributed by atoms with E-state index in [1.54, 1.807) is 18.2 Å². The van der Waals surface area contributed by atoms with Crippen molar-refractivity contribution in [3.63, 3.8) is 0 Å². The predicted molar refractivity (Wildman–Crippen MR) is 148 cm³/mol. The summed E-state index contributed by atoms with van der Waals surface area (Å²) in [5.74, 6) is -0.441. The van der Waals surface area contributed by atoms with Gasteiger partial charge in [0.05, 0.1) is 5.69 Å². The van der Waals surface area contributed by atoms with Crippen LogP contribution in [0.5, 0.6) is 5.75 Å². The second-order valence-corrected chi connectivity index (χ2v) is 10.4. The number of halogens is 8. The molecule has 5 nitrogen and oxygen atoms in total. The average Bonchev–Trinajstić information content (AvgIpc) is 3.55. The molecular weight excluding hydrogens is 618 g/mol. The van der Waals surface area contributed by atoms with Crippen molar-refractivity contribution in [1.82, 2.24) is 14.5 Å². The molecule has 44 heavy (non-hydrogen) atoms. The van der Waals surface area contributed by atoms with E-state index in [2.05, 4.69) is 14.7 Å². The first-order chi connectivity index (χ1) is 20.6. The van der Waals surface area contributed by atoms with E-state index in [9.17, 15) is 35.1 Å². The lowest BCUT2D eigenvalue weighted by Crippen LogP contribution is -2.41. The highest BCUT2D eigenvalue weighted by molar-refractivity contribution is 7.98. The summed E-state index contributed by atoms with van der Waals surface area (Å²) in [6.07, 6.45) is -13.3. The van der Waals surface area contributed by atoms with Crippen molar-refractivity contribution in [3.8, 4) is 45.1 Å². The smallest absolute Gasteiger partial charge is 0.440 e. The van der Waals surface area contributed by atoms with E-state index >= 15 is 0 Å². The quantitative estimate of drug-likeness (QED) is 0.131. The maximum atomic E-state index is 13.5. The van der Waals surface area contributed by atoms with Gasteiger partial charge in [-0.05, 0) is 72.8 Å². The first kappa shape index (κ1) is 31.1. The molecule has 0 aliphatic carbocycles. The molecule has 0 amide bonds. The van der Waals surface area contributed by atoms with Crippen LogP contribution in [0.3, 0.4) is 0 Å². The Hall–Kier alpha value is -4.33. The molecule has 5 aromatic rings. The van der Waals surface area contributed by atoms with Crippen LogP contribution in [0.25, 0.3) is 39.4 Å². The second kappa shape index (κ2) is 11.3. The number of thioether (sulfide) groups is 1. The summed E-state index contributed by atoms with van der Waals surface area (Å²) in [5, 5.41) is 0. The van der Waals surface area contributed by atoms with Crippen molar-refractivity contribution in [1.29, 1.82) is 0 Å². The molecule has 14 heteroatoms. The van der Waals surface area contributed by atoms with Crippen LogP contribution in [0.2, 0.25) is 0 Å². The number of oxazole rings is 1. The van der Waals surface area contributed by atoms with Gasteiger partial charge in [-0.1, -0.05) is 18.2 Å². The van der Waals surface area contributed by atoms with Gasteiger partial charge in [0.15, 0.2) is 17.3 Å². The molecule has 0 N–H and O–H groups in total. The number of hydrogen-bond acceptors (Lipinski definition) is 5. The number of rotatable bonds is 7. The molecule has 230 valence electrons. The van der Waals surface area contributed by atoms with E-state index in [4.69, 9.17) is 4.42 Å². The molecule has 3 aromatic carbocycles. The van der Waals surface area contributed by atoms with Crippen LogP contribution in [0.1, 0.15) is 17.4 Å². The Bertz CT molecular complexity index is 1810. The van der Waals surface area contributed by atoms with Crippen LogP contribution >= 0.6 is 11.8 Å². The third-order valence-electron chi connectivity index (χ3n) is 6.51. The molecule has 0 unspecified atom stereocenters. The molecule has 0 bridgehead atoms. The van der Waals surface area contributed by atoms with E-state index in [1.165, 1.54) is 42.3 Å². The molecule has 0 aliphatic heterocycles. The zero-order chi connectivity index (χ0) is 32.0. The number of benzene rings is 3. The second-order valence-electron chi connectivity index (χ2n) is 9.56. The summed E-state index contributed by atoms with van der Waals surface area (Å²) in [5.41, 5.74) is 1.49. The Morgan fingerprint density at radius 2 is 1.45 bits per heavy atom. The summed E-state index contributed by atoms with van der Waals surface area (Å²) in [6, 6.07) is 16.9. The van der Waals surface area contributed by atoms with E-state index in [-0.39, 0.29) is 34.4 Å². The lowest BCUT2D eigenvalue weighted by molar-refractivity contribution is -0.360. The Labute approximate surface area is 249 Å². The molecule has 0 aliphatic rings. The predicted octanol–water partition coefficient (Wildman–Crippen LogP) is 9.75. The number of nitrogens with zero attached hydrogens (tertiary/aromatic N) is 3. The molecular formula is C30H21F8N3O2S. The van der Waals surface area contributed by atoms with Gasteiger partial charge in [0.1, 0.15) is 17.3 Å². The van der Waals surface area contributed by atoms with Gasteiger partial charge in [0.2, 0.25) is 0 Å². The minimum atomic E-state index is -5.92. The van der Waals surface area contributed by atoms with Crippen molar-refractivity contribution >= 4 is 11.8 Å². The Morgan fingerprint density at radius 3 is 2.07 bits per heavy atom. The van der Waals surface area contributed by atoms with Gasteiger partial charge in [-0.2, -0.15) is 35.1 Å². The van der Waals surface area contributed by atoms with Crippen molar-refractivity contribution in [2.24, 2.45) is 0 Å². The Morgan fingerprint density at radius 1 is 0.795 bits per heavy atom. The highest BCUT2D eigenvalue weighted by atomic mass is 32.2. The average molecular weight is 640 g/mol. The van der Waals surface area contributed by atoms with Gasteiger partial charge < -0.3 is 13.7 Å². The molecule has 0 atom stereocenters. The van der Waals surface area contributed by atoms with Crippen molar-refractivity contribution < 1.29 is 44.3 Å². The van der Waals surface area contributed by atoms with Crippen LogP contribution in [0, 0.1) is 13.8 Å². The van der Waals surface area contributed by atoms with Crippen LogP contribution in [-0.4, -0.2) is 33.1 Å². The largest absolute Gasteiger partial charge is 0.499 e. The summed E-state index contributed by atoms with van der Waals surface area (Å²) in [4.78, 5) is 9.14. The summed E-state index contributed by atoms with van der Waals surface area (Å²) >= 11 is 1.53. The van der Waals surface area contributed by atoms with Crippen molar-refractivity contribution in [2.75, 3.05) is 6.26 Å². The van der Waals surface area contributed by atoms with Crippen LogP contribution in [-0.2, 0) is 6.18 Å². The van der Waals surface area contributed by atoms with E-state index < -0.39 is 29.9 Å². The molecule has 2 heterocycles. The first-order valence-corrected chi connectivity index (χ1v) is 13.9. The maximum Gasteiger partial charge on any atom is 0.499 e. The van der Waals surface area contributed by atoms with Crippen molar-refractivity contribution in [2.45, 2.75) is 37.2 Å². The number of aromatic nitrogens is 3. The fourth-order valence-corrected chi connectivity index (χ4v) is 4.92. The first-order valence-electron chi connectivity index (χ1n) is 12.7. The number of ether oxygens (including phenoxy) is 1. The van der Waals surface area contributed by atoms with Gasteiger partial charge >= 0.3 is 18.5 Å². The van der Waals surface area contributed by atoms with Gasteiger partial charge in [0, 0.05) is 29.1 Å². The van der Waals surface area contributed by atoms with Gasteiger partial charge in [-0.3, -0.25) is 0 Å². The van der Waals surface area contributed by atoms with E-state index in [0.29, 0.717) is 11.1 Å². The SMILES string of the molecule is CSc1cccc(-c2ccc(-n3cc(C(F)(F)F)nc3C)c(-c3nc(C)oc3-c3ccc(OC(F)(F)C(F)(F)F)cc3)c2)c1. The standard InChI is InChI=1S/C30H21F8N3O2S/c1-16-39-25(28(31,32)33)15-41(16)24-12-9-20(19-5-4-6-22(13-19)44-3)14-23(24)26-27(42-17(2)40-26)18-7-10-21(11-8-18)43-30(37,38)29(34,35)36/h4-15H,1-3H3. The molecule has 0 radical (unpaired) electrons. The number of aryl methyl sites for hydroxylation is 2. The Kier molecular flexibility index (Phi) is 7.99. The fourth-order valence-electron chi connectivity index (χ4n) is 4.46. The fraction of sp³-hybridized carbons (Fsp3) is 0.200. The zero-order valence-corrected chi connectivity index (χ0v) is 23.8. The monoisotopic (exact) mass is 639 g/mol. The normalized spacial score (nSPS) is 12.5. The molecule has 0 saturated carbocycles. The summed E-state index contributed by atoms with van der Waals surface area (Å²) in [7, 11) is 0.